The first kappa shape index (κ1) is 53.1. The lowest BCUT2D eigenvalue weighted by atomic mass is 10.4. The van der Waals surface area contributed by atoms with Gasteiger partial charge in [0.25, 0.3) is 0 Å². The molecule has 0 spiro atoms. The summed E-state index contributed by atoms with van der Waals surface area (Å²) >= 11 is 0. The lowest BCUT2D eigenvalue weighted by Gasteiger charge is -1.69. The average Bonchev–Trinajstić information content (AvgIpc) is 3.04. The lowest BCUT2D eigenvalue weighted by Crippen LogP contribution is -1.47. The first-order valence-corrected chi connectivity index (χ1v) is 11.8. The molecule has 0 amide bonds. The normalized spacial score (nSPS) is 5.65. The van der Waals surface area contributed by atoms with Gasteiger partial charge in [-0.25, -0.2) is 0 Å². The van der Waals surface area contributed by atoms with Gasteiger partial charge in [-0.05, 0) is 0 Å². The van der Waals surface area contributed by atoms with Crippen molar-refractivity contribution >= 4 is 0 Å². The molecule has 0 heterocycles. The van der Waals surface area contributed by atoms with Gasteiger partial charge in [0.05, 0.1) is 0 Å². The summed E-state index contributed by atoms with van der Waals surface area (Å²) in [5.74, 6) is 0. The van der Waals surface area contributed by atoms with Crippen LogP contribution in [0.2, 0.25) is 0 Å². The number of benzene rings is 3. The monoisotopic (exact) mass is 482 g/mol. The van der Waals surface area contributed by atoms with Crippen LogP contribution < -0.4 is 0 Å². The summed E-state index contributed by atoms with van der Waals surface area (Å²) in [6.45, 7) is 16.0. The maximum atomic E-state index is 7.00. The third kappa shape index (κ3) is 99.7. The summed E-state index contributed by atoms with van der Waals surface area (Å²) < 4.78 is 0. The van der Waals surface area contributed by atoms with Crippen LogP contribution in [0.3, 0.4) is 0 Å². The summed E-state index contributed by atoms with van der Waals surface area (Å²) in [6.07, 6.45) is 0. The van der Waals surface area contributed by atoms with Crippen LogP contribution in [0.5, 0.6) is 0 Å². The highest BCUT2D eigenvalue weighted by Crippen LogP contribution is 1.81. The fraction of sp³-hybridized carbons (Fsp3) is 0.400. The van der Waals surface area contributed by atoms with Gasteiger partial charge in [0.1, 0.15) is 0 Å². The molecule has 3 aromatic carbocycles. The second-order valence-electron chi connectivity index (χ2n) is 3.46. The lowest BCUT2D eigenvalue weighted by molar-refractivity contribution is 0.399. The molecule has 0 aromatic heterocycles. The van der Waals surface area contributed by atoms with E-state index in [1.807, 2.05) is 165 Å². The molecule has 0 radical (unpaired) electrons. The molecule has 0 unspecified atom stereocenters. The van der Waals surface area contributed by atoms with Crippen molar-refractivity contribution in [1.29, 1.82) is 0 Å². The summed E-state index contributed by atoms with van der Waals surface area (Å²) in [5.41, 5.74) is 0. The second-order valence-corrected chi connectivity index (χ2v) is 3.46. The van der Waals surface area contributed by atoms with E-state index in [0.29, 0.717) is 0 Å². The van der Waals surface area contributed by atoms with Crippen LogP contribution in [0.15, 0.2) is 109 Å². The van der Waals surface area contributed by atoms with Crippen LogP contribution in [0.25, 0.3) is 0 Å². The zero-order valence-electron chi connectivity index (χ0n) is 24.2. The Morgan fingerprint density at radius 2 is 0.206 bits per heavy atom. The molecule has 0 aliphatic heterocycles. The van der Waals surface area contributed by atoms with Crippen molar-refractivity contribution in [3.05, 3.63) is 109 Å². The highest BCUT2D eigenvalue weighted by Gasteiger charge is 1.59. The van der Waals surface area contributed by atoms with Gasteiger partial charge in [-0.3, -0.25) is 0 Å². The van der Waals surface area contributed by atoms with Crippen molar-refractivity contribution in [1.82, 2.24) is 0 Å². The minimum Gasteiger partial charge on any atom is -0.400 e. The molecule has 0 atom stereocenters. The van der Waals surface area contributed by atoms with E-state index in [-0.39, 0.29) is 0 Å². The first-order chi connectivity index (χ1) is 17.0. The molecule has 4 nitrogen and oxygen atoms in total. The van der Waals surface area contributed by atoms with Crippen molar-refractivity contribution in [2.24, 2.45) is 0 Å². The van der Waals surface area contributed by atoms with Crippen LogP contribution in [0.4, 0.5) is 0 Å². The molecular weight excluding hydrogens is 424 g/mol. The summed E-state index contributed by atoms with van der Waals surface area (Å²) in [4.78, 5) is 0. The largest absolute Gasteiger partial charge is 0.400 e. The molecule has 202 valence electrons. The van der Waals surface area contributed by atoms with E-state index in [1.54, 1.807) is 0 Å². The van der Waals surface area contributed by atoms with E-state index < -0.39 is 0 Å². The molecule has 0 saturated heterocycles. The summed E-state index contributed by atoms with van der Waals surface area (Å²) in [7, 11) is 4.00. The highest BCUT2D eigenvalue weighted by molar-refractivity contribution is 5.00. The minimum atomic E-state index is 1.00. The Hall–Kier alpha value is -2.50. The van der Waals surface area contributed by atoms with Gasteiger partial charge in [0.15, 0.2) is 0 Å². The summed E-state index contributed by atoms with van der Waals surface area (Å²) in [6, 6.07) is 36.0. The second kappa shape index (κ2) is 110. The third-order valence-corrected chi connectivity index (χ3v) is 2.00. The third-order valence-electron chi connectivity index (χ3n) is 2.00. The Balaban J connectivity index is -0.0000000387. The fourth-order valence-electron chi connectivity index (χ4n) is 1.15. The highest BCUT2D eigenvalue weighted by atomic mass is 16.2. The number of rotatable bonds is 0. The fourth-order valence-corrected chi connectivity index (χ4v) is 1.15. The van der Waals surface area contributed by atoms with Crippen LogP contribution in [-0.2, 0) is 0 Å². The summed E-state index contributed by atoms with van der Waals surface area (Å²) in [5, 5.41) is 28.0. The molecule has 0 aliphatic rings. The van der Waals surface area contributed by atoms with Crippen molar-refractivity contribution in [2.75, 3.05) is 28.4 Å². The number of aliphatic hydroxyl groups excluding tert-OH is 4. The van der Waals surface area contributed by atoms with Gasteiger partial charge in [0.2, 0.25) is 0 Å². The van der Waals surface area contributed by atoms with Gasteiger partial charge in [-0.1, -0.05) is 165 Å². The Bertz CT molecular complexity index is 309. The van der Waals surface area contributed by atoms with Gasteiger partial charge in [0, 0.05) is 28.4 Å². The maximum absolute atomic E-state index is 7.00. The minimum absolute atomic E-state index is 1.00. The van der Waals surface area contributed by atoms with Crippen molar-refractivity contribution in [3.63, 3.8) is 0 Å². The zero-order chi connectivity index (χ0) is 28.7. The Morgan fingerprint density at radius 1 is 0.176 bits per heavy atom. The molecule has 0 saturated carbocycles. The van der Waals surface area contributed by atoms with Gasteiger partial charge in [-0.15, -0.1) is 0 Å². The smallest absolute Gasteiger partial charge is 0.0319 e. The van der Waals surface area contributed by atoms with Crippen LogP contribution in [0, 0.1) is 0 Å². The molecule has 0 fully saturated rings. The van der Waals surface area contributed by atoms with Crippen molar-refractivity contribution in [2.45, 2.75) is 55.4 Å². The van der Waals surface area contributed by atoms with E-state index in [0.717, 1.165) is 28.4 Å². The van der Waals surface area contributed by atoms with Crippen molar-refractivity contribution < 1.29 is 20.4 Å². The Kier molecular flexibility index (Phi) is 172. The maximum Gasteiger partial charge on any atom is 0.0319 e. The topological polar surface area (TPSA) is 80.9 Å². The Labute approximate surface area is 213 Å². The Morgan fingerprint density at radius 3 is 0.235 bits per heavy atom. The zero-order valence-corrected chi connectivity index (χ0v) is 24.2. The first-order valence-electron chi connectivity index (χ1n) is 11.8. The quantitative estimate of drug-likeness (QED) is 0.266. The van der Waals surface area contributed by atoms with E-state index in [1.165, 1.54) is 0 Å². The SMILES string of the molecule is CC.CC.CC.CC.CO.CO.CO.CO.c1ccccc1.c1ccccc1.c1ccccc1. The van der Waals surface area contributed by atoms with E-state index in [2.05, 4.69) is 0 Å². The molecule has 3 aromatic rings. The van der Waals surface area contributed by atoms with E-state index in [4.69, 9.17) is 20.4 Å². The molecule has 3 rings (SSSR count). The molecule has 4 heteroatoms. The van der Waals surface area contributed by atoms with Crippen molar-refractivity contribution in [3.8, 4) is 0 Å². The van der Waals surface area contributed by atoms with E-state index in [9.17, 15) is 0 Å². The van der Waals surface area contributed by atoms with Gasteiger partial charge >= 0.3 is 0 Å². The van der Waals surface area contributed by atoms with Crippen LogP contribution in [0.1, 0.15) is 55.4 Å². The molecule has 4 N–H and O–H groups in total. The number of hydrogen-bond donors (Lipinski definition) is 4. The predicted molar refractivity (Wildman–Crippen MR) is 157 cm³/mol. The standard InChI is InChI=1S/3C6H6.4C2H6.4CH4O/c3*1-2-4-6-5-3-1;8*1-2/h3*1-6H;4*1-2H3;4*2H,1H3. The molecular formula is C30H58O4. The van der Waals surface area contributed by atoms with Crippen LogP contribution in [-0.4, -0.2) is 48.9 Å². The molecule has 34 heavy (non-hydrogen) atoms. The van der Waals surface area contributed by atoms with Gasteiger partial charge in [-0.2, -0.15) is 0 Å². The molecule has 0 bridgehead atoms. The number of hydrogen-bond acceptors (Lipinski definition) is 4. The van der Waals surface area contributed by atoms with E-state index >= 15 is 0 Å². The predicted octanol–water partition coefficient (Wildman–Crippen LogP) is 7.60. The van der Waals surface area contributed by atoms with Gasteiger partial charge < -0.3 is 20.4 Å². The average molecular weight is 483 g/mol. The molecule has 0 aliphatic carbocycles. The number of aliphatic hydroxyl groups is 4. The van der Waals surface area contributed by atoms with Crippen LogP contribution >= 0.6 is 0 Å².